The molecule has 0 bridgehead atoms. The molecule has 0 aliphatic carbocycles. The van der Waals surface area contributed by atoms with E-state index in [1.165, 1.54) is 0 Å². The van der Waals surface area contributed by atoms with Crippen LogP contribution in [0.5, 0.6) is 5.75 Å². The topological polar surface area (TPSA) is 73.2 Å². The Morgan fingerprint density at radius 3 is 2.77 bits per heavy atom. The smallest absolute Gasteiger partial charge is 0.229 e. The van der Waals surface area contributed by atoms with Gasteiger partial charge in [-0.3, -0.25) is 0 Å². The van der Waals surface area contributed by atoms with Gasteiger partial charge in [0.2, 0.25) is 9.04 Å². The van der Waals surface area contributed by atoms with Crippen LogP contribution in [0.3, 0.4) is 0 Å². The molecule has 0 amide bonds. The zero-order valence-electron chi connectivity index (χ0n) is 12.3. The zero-order valence-corrected chi connectivity index (χ0v) is 13.5. The average molecular weight is 309 g/mol. The predicted molar refractivity (Wildman–Crippen MR) is 88.3 cm³/mol. The molecule has 0 atom stereocenters. The highest BCUT2D eigenvalue weighted by atomic mass is 28.3. The summed E-state index contributed by atoms with van der Waals surface area (Å²) in [7, 11) is -1.18. The van der Waals surface area contributed by atoms with Gasteiger partial charge in [0.1, 0.15) is 17.0 Å². The van der Waals surface area contributed by atoms with E-state index < -0.39 is 9.04 Å². The van der Waals surface area contributed by atoms with Crippen molar-refractivity contribution in [2.24, 2.45) is 4.99 Å². The Hall–Kier alpha value is -2.67. The molecule has 3 aromatic rings. The van der Waals surface area contributed by atoms with Crippen LogP contribution in [0.4, 0.5) is 5.69 Å². The predicted octanol–water partition coefficient (Wildman–Crippen LogP) is 2.53. The minimum Gasteiger partial charge on any atom is -0.546 e. The van der Waals surface area contributed by atoms with Crippen LogP contribution >= 0.6 is 0 Å². The van der Waals surface area contributed by atoms with Crippen LogP contribution in [0.25, 0.3) is 11.2 Å². The van der Waals surface area contributed by atoms with Gasteiger partial charge in [0, 0.05) is 12.4 Å². The monoisotopic (exact) mass is 309 g/mol. The minimum absolute atomic E-state index is 0.490. The summed E-state index contributed by atoms with van der Waals surface area (Å²) in [4.78, 5) is 21.3. The highest BCUT2D eigenvalue weighted by Crippen LogP contribution is 2.27. The van der Waals surface area contributed by atoms with E-state index in [9.17, 15) is 0 Å². The molecule has 3 rings (SSSR count). The Bertz CT molecular complexity index is 822. The number of nitrogens with zero attached hydrogens (tertiary/aromatic N) is 5. The maximum Gasteiger partial charge on any atom is 0.229 e. The molecular weight excluding hydrogens is 294 g/mol. The maximum absolute atomic E-state index is 5.87. The molecule has 6 nitrogen and oxygen atoms in total. The number of hydrogen-bond acceptors (Lipinski definition) is 6. The van der Waals surface area contributed by atoms with Crippen LogP contribution in [-0.4, -0.2) is 35.2 Å². The molecule has 0 saturated carbocycles. The fourth-order valence-electron chi connectivity index (χ4n) is 1.89. The molecule has 0 aliphatic heterocycles. The zero-order chi connectivity index (χ0) is 15.4. The van der Waals surface area contributed by atoms with Gasteiger partial charge in [0.05, 0.1) is 12.4 Å². The van der Waals surface area contributed by atoms with Crippen molar-refractivity contribution >= 4 is 32.1 Å². The lowest BCUT2D eigenvalue weighted by Crippen LogP contribution is -2.11. The molecule has 0 saturated heterocycles. The number of hydrogen-bond donors (Lipinski definition) is 0. The van der Waals surface area contributed by atoms with Gasteiger partial charge in [0.25, 0.3) is 0 Å². The van der Waals surface area contributed by atoms with Crippen LogP contribution in [0.2, 0.25) is 13.1 Å². The van der Waals surface area contributed by atoms with Gasteiger partial charge in [-0.2, -0.15) is 0 Å². The van der Waals surface area contributed by atoms with Crippen LogP contribution in [-0.2, 0) is 0 Å². The highest BCUT2D eigenvalue weighted by molar-refractivity contribution is 6.49. The van der Waals surface area contributed by atoms with Crippen molar-refractivity contribution in [3.05, 3.63) is 48.7 Å². The molecule has 0 radical (unpaired) electrons. The third kappa shape index (κ3) is 3.32. The van der Waals surface area contributed by atoms with Gasteiger partial charge in [0.15, 0.2) is 11.5 Å². The van der Waals surface area contributed by atoms with Gasteiger partial charge in [-0.25, -0.2) is 24.9 Å². The summed E-state index contributed by atoms with van der Waals surface area (Å²) in [6, 6.07) is 7.69. The Morgan fingerprint density at radius 2 is 1.91 bits per heavy atom. The van der Waals surface area contributed by atoms with Crippen LogP contribution < -0.4 is 4.43 Å². The number of rotatable bonds is 4. The van der Waals surface area contributed by atoms with Gasteiger partial charge < -0.3 is 4.43 Å². The molecule has 0 fully saturated rings. The summed E-state index contributed by atoms with van der Waals surface area (Å²) in [6.45, 7) is 4.23. The summed E-state index contributed by atoms with van der Waals surface area (Å²) in [5.74, 6) is 1.28. The van der Waals surface area contributed by atoms with E-state index in [1.54, 1.807) is 24.8 Å². The summed E-state index contributed by atoms with van der Waals surface area (Å²) in [5.41, 5.74) is 1.99. The van der Waals surface area contributed by atoms with E-state index in [0.717, 1.165) is 11.4 Å². The second-order valence-corrected chi connectivity index (χ2v) is 7.22. The Balaban J connectivity index is 1.89. The van der Waals surface area contributed by atoms with Gasteiger partial charge in [-0.15, -0.1) is 0 Å². The first-order chi connectivity index (χ1) is 10.7. The second-order valence-electron chi connectivity index (χ2n) is 4.89. The first-order valence-electron chi connectivity index (χ1n) is 6.96. The van der Waals surface area contributed by atoms with Crippen molar-refractivity contribution in [1.29, 1.82) is 0 Å². The van der Waals surface area contributed by atoms with E-state index >= 15 is 0 Å². The van der Waals surface area contributed by atoms with Gasteiger partial charge in [-0.1, -0.05) is 12.1 Å². The Kier molecular flexibility index (Phi) is 4.15. The highest BCUT2D eigenvalue weighted by Gasteiger charge is 2.04. The number of fused-ring (bicyclic) bond motifs is 1. The lowest BCUT2D eigenvalue weighted by atomic mass is 10.3. The quantitative estimate of drug-likeness (QED) is 0.547. The van der Waals surface area contributed by atoms with Crippen molar-refractivity contribution in [2.45, 2.75) is 13.1 Å². The van der Waals surface area contributed by atoms with E-state index in [1.807, 2.05) is 24.3 Å². The molecule has 0 aliphatic rings. The number of para-hydroxylation sites is 2. The largest absolute Gasteiger partial charge is 0.546 e. The van der Waals surface area contributed by atoms with Gasteiger partial charge >= 0.3 is 0 Å². The molecule has 2 aromatic heterocycles. The van der Waals surface area contributed by atoms with Crippen LogP contribution in [0.15, 0.2) is 47.8 Å². The van der Waals surface area contributed by atoms with Crippen LogP contribution in [0, 0.1) is 0 Å². The first kappa shape index (κ1) is 14.3. The van der Waals surface area contributed by atoms with Crippen LogP contribution in [0.1, 0.15) is 5.82 Å². The Morgan fingerprint density at radius 1 is 1.09 bits per heavy atom. The average Bonchev–Trinajstić information content (AvgIpc) is 2.53. The summed E-state index contributed by atoms with van der Waals surface area (Å²) in [5, 5.41) is 0. The van der Waals surface area contributed by atoms with Crippen molar-refractivity contribution in [1.82, 2.24) is 19.9 Å². The van der Waals surface area contributed by atoms with Gasteiger partial charge in [-0.05, 0) is 25.2 Å². The lowest BCUT2D eigenvalue weighted by molar-refractivity contribution is 0.582. The van der Waals surface area contributed by atoms with E-state index in [0.29, 0.717) is 17.0 Å². The lowest BCUT2D eigenvalue weighted by Gasteiger charge is -2.11. The SMILES string of the molecule is C[SiH](C)Oc1ccccc1N=Cc1ncc2nccnc2n1. The molecule has 22 heavy (non-hydrogen) atoms. The maximum atomic E-state index is 5.87. The molecule has 0 N–H and O–H groups in total. The van der Waals surface area contributed by atoms with Crippen molar-refractivity contribution in [3.63, 3.8) is 0 Å². The fourth-order valence-corrected chi connectivity index (χ4v) is 2.60. The number of benzene rings is 1. The first-order valence-corrected chi connectivity index (χ1v) is 9.74. The third-order valence-electron chi connectivity index (χ3n) is 2.79. The second kappa shape index (κ2) is 6.40. The Labute approximate surface area is 129 Å². The summed E-state index contributed by atoms with van der Waals surface area (Å²) >= 11 is 0. The number of aliphatic imine (C=N–C) groups is 1. The van der Waals surface area contributed by atoms with E-state index in [-0.39, 0.29) is 0 Å². The van der Waals surface area contributed by atoms with E-state index in [2.05, 4.69) is 38.0 Å². The fraction of sp³-hybridized carbons (Fsp3) is 0.133. The van der Waals surface area contributed by atoms with E-state index in [4.69, 9.17) is 4.43 Å². The van der Waals surface area contributed by atoms with Crippen molar-refractivity contribution < 1.29 is 4.43 Å². The normalized spacial score (nSPS) is 11.4. The van der Waals surface area contributed by atoms with Crippen molar-refractivity contribution in [2.75, 3.05) is 0 Å². The molecular formula is C15H15N5OSi. The summed E-state index contributed by atoms with van der Waals surface area (Å²) < 4.78 is 5.87. The minimum atomic E-state index is -1.18. The molecule has 110 valence electrons. The molecule has 0 unspecified atom stereocenters. The molecule has 2 heterocycles. The molecule has 0 spiro atoms. The van der Waals surface area contributed by atoms with Crippen molar-refractivity contribution in [3.8, 4) is 5.75 Å². The third-order valence-corrected chi connectivity index (χ3v) is 3.52. The molecule has 1 aromatic carbocycles. The molecule has 7 heteroatoms. The standard InChI is InChI=1S/C15H15N5OSi/c1-22(2)21-13-6-4-3-5-11(13)18-10-14-19-9-12-15(20-14)17-8-7-16-12/h3-10,22H,1-2H3. The summed E-state index contributed by atoms with van der Waals surface area (Å²) in [6.07, 6.45) is 6.47. The number of aromatic nitrogens is 4.